The second-order valence-electron chi connectivity index (χ2n) is 6.34. The van der Waals surface area contributed by atoms with Crippen LogP contribution in [0.25, 0.3) is 10.9 Å². The smallest absolute Gasteiger partial charge is 0.292 e. The largest absolute Gasteiger partial charge is 0.494 e. The Bertz CT molecular complexity index is 1080. The molecule has 1 N–H and O–H groups in total. The van der Waals surface area contributed by atoms with Crippen molar-refractivity contribution in [3.63, 3.8) is 0 Å². The average Bonchev–Trinajstić information content (AvgIpc) is 3.07. The minimum absolute atomic E-state index is 0.131. The Labute approximate surface area is 160 Å². The van der Waals surface area contributed by atoms with Crippen molar-refractivity contribution >= 4 is 28.4 Å². The Morgan fingerprint density at radius 2 is 2.15 bits per heavy atom. The van der Waals surface area contributed by atoms with Gasteiger partial charge in [-0.1, -0.05) is 17.7 Å². The van der Waals surface area contributed by atoms with Crippen molar-refractivity contribution in [3.05, 3.63) is 52.2 Å². The number of benzene rings is 1. The van der Waals surface area contributed by atoms with E-state index in [1.807, 2.05) is 13.0 Å². The Balaban J connectivity index is 1.74. The van der Waals surface area contributed by atoms with Crippen molar-refractivity contribution in [1.29, 1.82) is 5.26 Å². The molecule has 3 heterocycles. The Hall–Kier alpha value is -3.11. The molecular weight excluding hydrogens is 366 g/mol. The van der Waals surface area contributed by atoms with Gasteiger partial charge in [-0.25, -0.2) is 9.97 Å². The molecule has 0 aliphatic carbocycles. The van der Waals surface area contributed by atoms with Crippen molar-refractivity contribution < 1.29 is 9.53 Å². The van der Waals surface area contributed by atoms with Crippen LogP contribution in [-0.2, 0) is 6.42 Å². The minimum Gasteiger partial charge on any atom is -0.494 e. The van der Waals surface area contributed by atoms with Gasteiger partial charge in [-0.05, 0) is 13.0 Å². The zero-order valence-electron chi connectivity index (χ0n) is 14.8. The summed E-state index contributed by atoms with van der Waals surface area (Å²) < 4.78 is 5.04. The summed E-state index contributed by atoms with van der Waals surface area (Å²) in [6.07, 6.45) is 3.61. The lowest BCUT2D eigenvalue weighted by Crippen LogP contribution is -2.39. The van der Waals surface area contributed by atoms with Crippen LogP contribution in [0.3, 0.4) is 0 Å². The lowest BCUT2D eigenvalue weighted by molar-refractivity contribution is 0.0665. The molecule has 0 radical (unpaired) electrons. The van der Waals surface area contributed by atoms with Crippen molar-refractivity contribution in [2.24, 2.45) is 0 Å². The maximum atomic E-state index is 12.9. The average molecular weight is 382 g/mol. The number of nitriles is 1. The SMILES string of the molecule is COc1cnc(C(=O)N2CCc3[nH]c4c(C#N)c(Cl)ccc4c3[C@@H]2C)nc1. The summed E-state index contributed by atoms with van der Waals surface area (Å²) in [6.45, 7) is 2.50. The number of H-pyrrole nitrogens is 1. The predicted octanol–water partition coefficient (Wildman–Crippen LogP) is 3.25. The number of nitrogens with one attached hydrogen (secondary N) is 1. The topological polar surface area (TPSA) is 94.9 Å². The summed E-state index contributed by atoms with van der Waals surface area (Å²) in [7, 11) is 1.52. The number of hydrogen-bond donors (Lipinski definition) is 1. The number of halogens is 1. The zero-order chi connectivity index (χ0) is 19.1. The van der Waals surface area contributed by atoms with E-state index in [0.29, 0.717) is 29.3 Å². The molecule has 8 heteroatoms. The molecule has 7 nitrogen and oxygen atoms in total. The van der Waals surface area contributed by atoms with Crippen LogP contribution >= 0.6 is 11.6 Å². The molecule has 1 aliphatic heterocycles. The van der Waals surface area contributed by atoms with Crippen LogP contribution < -0.4 is 4.74 Å². The summed E-state index contributed by atoms with van der Waals surface area (Å²) in [5.74, 6) is 0.393. The fraction of sp³-hybridized carbons (Fsp3) is 0.263. The molecule has 1 aliphatic rings. The molecule has 1 amide bonds. The molecule has 3 aromatic rings. The lowest BCUT2D eigenvalue weighted by atomic mass is 9.96. The maximum Gasteiger partial charge on any atom is 0.292 e. The van der Waals surface area contributed by atoms with Crippen LogP contribution in [-0.4, -0.2) is 39.4 Å². The quantitative estimate of drug-likeness (QED) is 0.735. The normalized spacial score (nSPS) is 16.1. The van der Waals surface area contributed by atoms with Crippen molar-refractivity contribution in [3.8, 4) is 11.8 Å². The summed E-state index contributed by atoms with van der Waals surface area (Å²) in [4.78, 5) is 26.2. The molecule has 27 heavy (non-hydrogen) atoms. The first-order valence-electron chi connectivity index (χ1n) is 8.45. The molecule has 136 valence electrons. The van der Waals surface area contributed by atoms with E-state index >= 15 is 0 Å². The zero-order valence-corrected chi connectivity index (χ0v) is 15.5. The van der Waals surface area contributed by atoms with E-state index < -0.39 is 0 Å². The van der Waals surface area contributed by atoms with Crippen LogP contribution in [0.2, 0.25) is 5.02 Å². The third-order valence-electron chi connectivity index (χ3n) is 4.96. The van der Waals surface area contributed by atoms with Gasteiger partial charge < -0.3 is 14.6 Å². The highest BCUT2D eigenvalue weighted by Gasteiger charge is 2.32. The van der Waals surface area contributed by atoms with Gasteiger partial charge in [0.1, 0.15) is 6.07 Å². The van der Waals surface area contributed by atoms with Gasteiger partial charge in [0.2, 0.25) is 5.82 Å². The molecule has 4 rings (SSSR count). The predicted molar refractivity (Wildman–Crippen MR) is 99.8 cm³/mol. The highest BCUT2D eigenvalue weighted by molar-refractivity contribution is 6.32. The second-order valence-corrected chi connectivity index (χ2v) is 6.75. The van der Waals surface area contributed by atoms with Gasteiger partial charge in [0, 0.05) is 29.6 Å². The number of hydrogen-bond acceptors (Lipinski definition) is 5. The third-order valence-corrected chi connectivity index (χ3v) is 5.28. The van der Waals surface area contributed by atoms with E-state index in [9.17, 15) is 10.1 Å². The standard InChI is InChI=1S/C19H16ClN5O2/c1-10-16-12-3-4-14(20)13(7-21)17(12)24-15(16)5-6-25(10)19(26)18-22-8-11(27-2)9-23-18/h3-4,8-10,24H,5-6H2,1-2H3/t10-/m0/s1. The summed E-state index contributed by atoms with van der Waals surface area (Å²) in [5.41, 5.74) is 3.17. The first-order chi connectivity index (χ1) is 13.0. The Morgan fingerprint density at radius 3 is 2.81 bits per heavy atom. The van der Waals surface area contributed by atoms with Gasteiger partial charge in [0.05, 0.1) is 41.6 Å². The van der Waals surface area contributed by atoms with E-state index in [4.69, 9.17) is 16.3 Å². The fourth-order valence-electron chi connectivity index (χ4n) is 3.62. The van der Waals surface area contributed by atoms with E-state index in [1.54, 1.807) is 11.0 Å². The number of aromatic amines is 1. The molecule has 0 spiro atoms. The van der Waals surface area contributed by atoms with Gasteiger partial charge in [-0.15, -0.1) is 0 Å². The molecule has 0 fully saturated rings. The number of aromatic nitrogens is 3. The van der Waals surface area contributed by atoms with Gasteiger partial charge in [-0.3, -0.25) is 4.79 Å². The monoisotopic (exact) mass is 381 g/mol. The number of nitrogens with zero attached hydrogens (tertiary/aromatic N) is 4. The van der Waals surface area contributed by atoms with Crippen molar-refractivity contribution in [1.82, 2.24) is 19.9 Å². The van der Waals surface area contributed by atoms with Crippen molar-refractivity contribution in [2.45, 2.75) is 19.4 Å². The highest BCUT2D eigenvalue weighted by Crippen LogP contribution is 2.38. The lowest BCUT2D eigenvalue weighted by Gasteiger charge is -2.33. The van der Waals surface area contributed by atoms with Crippen LogP contribution in [0.4, 0.5) is 0 Å². The second kappa shape index (κ2) is 6.56. The number of amides is 1. The number of methoxy groups -OCH3 is 1. The number of carbonyl (C=O) groups is 1. The number of carbonyl (C=O) groups excluding carboxylic acids is 1. The van der Waals surface area contributed by atoms with E-state index in [2.05, 4.69) is 21.0 Å². The van der Waals surface area contributed by atoms with Gasteiger partial charge in [0.15, 0.2) is 5.75 Å². The van der Waals surface area contributed by atoms with E-state index in [-0.39, 0.29) is 17.8 Å². The third kappa shape index (κ3) is 2.69. The van der Waals surface area contributed by atoms with Gasteiger partial charge >= 0.3 is 0 Å². The molecule has 0 unspecified atom stereocenters. The van der Waals surface area contributed by atoms with Gasteiger partial charge in [-0.2, -0.15) is 5.26 Å². The first kappa shape index (κ1) is 17.3. The number of rotatable bonds is 2. The minimum atomic E-state index is -0.236. The van der Waals surface area contributed by atoms with E-state index in [1.165, 1.54) is 19.5 Å². The van der Waals surface area contributed by atoms with E-state index in [0.717, 1.165) is 22.2 Å². The molecule has 1 atom stereocenters. The van der Waals surface area contributed by atoms with Crippen LogP contribution in [0.5, 0.6) is 5.75 Å². The summed E-state index contributed by atoms with van der Waals surface area (Å²) >= 11 is 6.15. The van der Waals surface area contributed by atoms with Crippen LogP contribution in [0.15, 0.2) is 24.5 Å². The molecule has 0 bridgehead atoms. The Morgan fingerprint density at radius 1 is 1.41 bits per heavy atom. The van der Waals surface area contributed by atoms with Crippen molar-refractivity contribution in [2.75, 3.05) is 13.7 Å². The first-order valence-corrected chi connectivity index (χ1v) is 8.83. The molecule has 1 aromatic carbocycles. The highest BCUT2D eigenvalue weighted by atomic mass is 35.5. The summed E-state index contributed by atoms with van der Waals surface area (Å²) in [6, 6.07) is 5.58. The molecule has 2 aromatic heterocycles. The van der Waals surface area contributed by atoms with Gasteiger partial charge in [0.25, 0.3) is 5.91 Å². The fourth-order valence-corrected chi connectivity index (χ4v) is 3.82. The maximum absolute atomic E-state index is 12.9. The number of fused-ring (bicyclic) bond motifs is 3. The molecule has 0 saturated carbocycles. The van der Waals surface area contributed by atoms with Crippen LogP contribution in [0, 0.1) is 11.3 Å². The number of ether oxygens (including phenoxy) is 1. The summed E-state index contributed by atoms with van der Waals surface area (Å²) in [5, 5.41) is 10.8. The van der Waals surface area contributed by atoms with Crippen LogP contribution in [0.1, 0.15) is 40.4 Å². The Kier molecular flexibility index (Phi) is 4.21. The molecule has 0 saturated heterocycles. The molecular formula is C19H16ClN5O2.